The van der Waals surface area contributed by atoms with Crippen molar-refractivity contribution in [2.75, 3.05) is 18.4 Å². The number of nitriles is 1. The Kier molecular flexibility index (Phi) is 5.31. The second-order valence-corrected chi connectivity index (χ2v) is 5.01. The molecular formula is C17H20N4O. The maximum Gasteiger partial charge on any atom is 0.219 e. The van der Waals surface area contributed by atoms with E-state index >= 15 is 0 Å². The summed E-state index contributed by atoms with van der Waals surface area (Å²) < 4.78 is 0. The van der Waals surface area contributed by atoms with Gasteiger partial charge in [-0.05, 0) is 30.2 Å². The van der Waals surface area contributed by atoms with E-state index in [9.17, 15) is 10.1 Å². The van der Waals surface area contributed by atoms with E-state index < -0.39 is 0 Å². The van der Waals surface area contributed by atoms with Crippen LogP contribution >= 0.6 is 0 Å². The number of rotatable bonds is 6. The molecular weight excluding hydrogens is 276 g/mol. The number of hydrogen-bond donors (Lipinski definition) is 2. The van der Waals surface area contributed by atoms with Gasteiger partial charge in [-0.1, -0.05) is 19.9 Å². The molecule has 0 bridgehead atoms. The van der Waals surface area contributed by atoms with Gasteiger partial charge in [0.1, 0.15) is 11.9 Å². The van der Waals surface area contributed by atoms with Crippen molar-refractivity contribution >= 4 is 22.6 Å². The average Bonchev–Trinajstić information content (AvgIpc) is 2.57. The molecule has 0 radical (unpaired) electrons. The lowest BCUT2D eigenvalue weighted by molar-refractivity contribution is -0.120. The van der Waals surface area contributed by atoms with E-state index in [1.807, 2.05) is 25.1 Å². The van der Waals surface area contributed by atoms with Gasteiger partial charge in [-0.3, -0.25) is 4.79 Å². The Labute approximate surface area is 130 Å². The molecule has 0 unspecified atom stereocenters. The highest BCUT2D eigenvalue weighted by molar-refractivity contribution is 5.83. The Bertz CT molecular complexity index is 718. The van der Waals surface area contributed by atoms with E-state index in [1.54, 1.807) is 0 Å². The first-order valence-electron chi connectivity index (χ1n) is 7.52. The van der Waals surface area contributed by atoms with E-state index in [0.29, 0.717) is 30.9 Å². The van der Waals surface area contributed by atoms with E-state index in [0.717, 1.165) is 17.3 Å². The molecule has 22 heavy (non-hydrogen) atoms. The number of nitrogens with one attached hydrogen (secondary N) is 2. The van der Waals surface area contributed by atoms with Gasteiger partial charge >= 0.3 is 0 Å². The van der Waals surface area contributed by atoms with Crippen molar-refractivity contribution in [3.63, 3.8) is 0 Å². The van der Waals surface area contributed by atoms with Gasteiger partial charge in [-0.2, -0.15) is 5.26 Å². The number of nitrogens with zero attached hydrogens (tertiary/aromatic N) is 2. The van der Waals surface area contributed by atoms with Crippen molar-refractivity contribution in [1.29, 1.82) is 5.26 Å². The summed E-state index contributed by atoms with van der Waals surface area (Å²) in [5, 5.41) is 16.2. The Morgan fingerprint density at radius 2 is 2.09 bits per heavy atom. The van der Waals surface area contributed by atoms with Crippen LogP contribution in [-0.2, 0) is 11.2 Å². The van der Waals surface area contributed by atoms with Crippen LogP contribution in [0.15, 0.2) is 24.3 Å². The van der Waals surface area contributed by atoms with Crippen molar-refractivity contribution in [2.45, 2.75) is 26.7 Å². The fourth-order valence-corrected chi connectivity index (χ4v) is 2.17. The fraction of sp³-hybridized carbons (Fsp3) is 0.353. The van der Waals surface area contributed by atoms with E-state index in [1.165, 1.54) is 5.56 Å². The summed E-state index contributed by atoms with van der Waals surface area (Å²) >= 11 is 0. The van der Waals surface area contributed by atoms with Crippen LogP contribution in [0.25, 0.3) is 10.9 Å². The number of pyridine rings is 1. The molecule has 114 valence electrons. The maximum atomic E-state index is 11.2. The lowest BCUT2D eigenvalue weighted by atomic mass is 10.1. The second kappa shape index (κ2) is 7.41. The molecule has 5 heteroatoms. The Hall–Kier alpha value is -2.61. The molecule has 1 heterocycles. The molecule has 0 atom stereocenters. The zero-order valence-corrected chi connectivity index (χ0v) is 12.9. The molecule has 0 aliphatic heterocycles. The first-order chi connectivity index (χ1) is 10.7. The molecule has 5 nitrogen and oxygen atoms in total. The van der Waals surface area contributed by atoms with Crippen LogP contribution in [0.1, 0.15) is 31.4 Å². The highest BCUT2D eigenvalue weighted by Gasteiger charge is 2.07. The van der Waals surface area contributed by atoms with Crippen molar-refractivity contribution in [3.8, 4) is 6.07 Å². The Balaban J connectivity index is 2.15. The number of anilines is 1. The number of benzene rings is 1. The number of carbonyl (C=O) groups is 1. The van der Waals surface area contributed by atoms with Crippen LogP contribution in [0.2, 0.25) is 0 Å². The monoisotopic (exact) mass is 296 g/mol. The molecule has 2 N–H and O–H groups in total. The molecule has 2 rings (SSSR count). The maximum absolute atomic E-state index is 11.2. The lowest BCUT2D eigenvalue weighted by Crippen LogP contribution is -2.28. The van der Waals surface area contributed by atoms with E-state index in [4.69, 9.17) is 0 Å². The number of fused-ring (bicyclic) bond motifs is 1. The van der Waals surface area contributed by atoms with Crippen LogP contribution in [-0.4, -0.2) is 24.0 Å². The number of aryl methyl sites for hydroxylation is 1. The minimum absolute atomic E-state index is 0.0147. The third kappa shape index (κ3) is 3.73. The minimum atomic E-state index is 0.0147. The predicted molar refractivity (Wildman–Crippen MR) is 87.6 cm³/mol. The predicted octanol–water partition coefficient (Wildman–Crippen LogP) is 2.61. The fourth-order valence-electron chi connectivity index (χ4n) is 2.17. The molecule has 0 saturated carbocycles. The van der Waals surface area contributed by atoms with Crippen molar-refractivity contribution in [1.82, 2.24) is 10.3 Å². The zero-order chi connectivity index (χ0) is 15.9. The summed E-state index contributed by atoms with van der Waals surface area (Å²) in [5.74, 6) is 0.575. The molecule has 2 aromatic rings. The third-order valence-corrected chi connectivity index (χ3v) is 3.47. The van der Waals surface area contributed by atoms with Gasteiger partial charge in [-0.25, -0.2) is 4.98 Å². The Morgan fingerprint density at radius 1 is 1.27 bits per heavy atom. The van der Waals surface area contributed by atoms with E-state index in [-0.39, 0.29) is 5.91 Å². The van der Waals surface area contributed by atoms with Gasteiger partial charge in [0.15, 0.2) is 0 Å². The molecule has 1 aromatic heterocycles. The van der Waals surface area contributed by atoms with Crippen molar-refractivity contribution in [2.24, 2.45) is 0 Å². The summed E-state index contributed by atoms with van der Waals surface area (Å²) in [6.45, 7) is 4.95. The van der Waals surface area contributed by atoms with Crippen molar-refractivity contribution < 1.29 is 4.79 Å². The van der Waals surface area contributed by atoms with Crippen LogP contribution in [0.5, 0.6) is 0 Å². The highest BCUT2D eigenvalue weighted by Crippen LogP contribution is 2.21. The number of amides is 1. The second-order valence-electron chi connectivity index (χ2n) is 5.01. The lowest BCUT2D eigenvalue weighted by Gasteiger charge is -2.10. The molecule has 0 spiro atoms. The summed E-state index contributed by atoms with van der Waals surface area (Å²) in [6.07, 6.45) is 1.42. The Morgan fingerprint density at radius 3 is 2.77 bits per heavy atom. The number of aromatic nitrogens is 1. The van der Waals surface area contributed by atoms with Gasteiger partial charge in [0.05, 0.1) is 11.1 Å². The molecule has 1 amide bonds. The van der Waals surface area contributed by atoms with Gasteiger partial charge in [0.25, 0.3) is 0 Å². The molecule has 0 saturated heterocycles. The van der Waals surface area contributed by atoms with Crippen LogP contribution in [0.4, 0.5) is 5.82 Å². The van der Waals surface area contributed by atoms with Gasteiger partial charge in [0, 0.05) is 24.9 Å². The van der Waals surface area contributed by atoms with Crippen molar-refractivity contribution in [3.05, 3.63) is 35.4 Å². The molecule has 0 aliphatic rings. The van der Waals surface area contributed by atoms with Gasteiger partial charge in [-0.15, -0.1) is 0 Å². The molecule has 1 aromatic carbocycles. The summed E-state index contributed by atoms with van der Waals surface area (Å²) in [6, 6.07) is 10.1. The quantitative estimate of drug-likeness (QED) is 0.803. The summed E-state index contributed by atoms with van der Waals surface area (Å²) in [5.41, 5.74) is 2.60. The normalized spacial score (nSPS) is 10.2. The van der Waals surface area contributed by atoms with Crippen LogP contribution in [0.3, 0.4) is 0 Å². The minimum Gasteiger partial charge on any atom is -0.367 e. The largest absolute Gasteiger partial charge is 0.367 e. The first kappa shape index (κ1) is 15.8. The third-order valence-electron chi connectivity index (χ3n) is 3.47. The van der Waals surface area contributed by atoms with Crippen LogP contribution in [0, 0.1) is 11.3 Å². The van der Waals surface area contributed by atoms with Crippen LogP contribution < -0.4 is 10.6 Å². The summed E-state index contributed by atoms with van der Waals surface area (Å²) in [4.78, 5) is 15.7. The SMILES string of the molecule is CCC(=O)NCCNc1nc2ccc(CC)cc2cc1C#N. The summed E-state index contributed by atoms with van der Waals surface area (Å²) in [7, 11) is 0. The molecule has 0 aliphatic carbocycles. The smallest absolute Gasteiger partial charge is 0.219 e. The van der Waals surface area contributed by atoms with Gasteiger partial charge < -0.3 is 10.6 Å². The van der Waals surface area contributed by atoms with E-state index in [2.05, 4.69) is 34.7 Å². The van der Waals surface area contributed by atoms with Gasteiger partial charge in [0.2, 0.25) is 5.91 Å². The standard InChI is InChI=1S/C17H20N4O/c1-3-12-5-6-15-13(9-12)10-14(11-18)17(21-15)20-8-7-19-16(22)4-2/h5-6,9-10H,3-4,7-8H2,1-2H3,(H,19,22)(H,20,21). The number of hydrogen-bond acceptors (Lipinski definition) is 4. The molecule has 0 fully saturated rings. The first-order valence-corrected chi connectivity index (χ1v) is 7.52. The topological polar surface area (TPSA) is 77.8 Å². The highest BCUT2D eigenvalue weighted by atomic mass is 16.1. The average molecular weight is 296 g/mol. The zero-order valence-electron chi connectivity index (χ0n) is 12.9. The number of carbonyl (C=O) groups excluding carboxylic acids is 1.